The molecule has 0 saturated carbocycles. The van der Waals surface area contributed by atoms with Crippen molar-refractivity contribution in [1.29, 1.82) is 0 Å². The number of aryl methyl sites for hydroxylation is 1. The SMILES string of the molecule is CCCn1c(SCC(=O)c2c(N)n(C)c(=O)n(C)c2=O)nc2cc(Cl)ccc21. The molecule has 0 fully saturated rings. The van der Waals surface area contributed by atoms with E-state index in [1.165, 1.54) is 25.9 Å². The molecular weight excluding hydrogens is 402 g/mol. The molecule has 148 valence electrons. The van der Waals surface area contributed by atoms with Gasteiger partial charge in [-0.3, -0.25) is 18.7 Å². The molecule has 1 aromatic carbocycles. The molecule has 0 radical (unpaired) electrons. The lowest BCUT2D eigenvalue weighted by atomic mass is 10.2. The Morgan fingerprint density at radius 2 is 1.96 bits per heavy atom. The first-order chi connectivity index (χ1) is 13.3. The number of carbonyl (C=O) groups is 1. The molecule has 3 rings (SSSR count). The van der Waals surface area contributed by atoms with Crippen molar-refractivity contribution >= 4 is 46.0 Å². The summed E-state index contributed by atoms with van der Waals surface area (Å²) in [5, 5.41) is 1.25. The van der Waals surface area contributed by atoms with E-state index in [0.717, 1.165) is 33.1 Å². The standard InChI is InChI=1S/C18H20ClN5O3S/c1-4-7-24-12-6-5-10(19)8-11(12)21-17(24)28-9-13(25)14-15(20)22(2)18(27)23(3)16(14)26/h5-6,8H,4,7,9,20H2,1-3H3. The number of anilines is 1. The number of Topliss-reactive ketones (excluding diaryl/α,β-unsaturated/α-hetero) is 1. The third kappa shape index (κ3) is 3.47. The normalized spacial score (nSPS) is 11.3. The number of thioether (sulfide) groups is 1. The van der Waals surface area contributed by atoms with Crippen molar-refractivity contribution in [3.63, 3.8) is 0 Å². The summed E-state index contributed by atoms with van der Waals surface area (Å²) in [6.07, 6.45) is 0.893. The number of hydrogen-bond acceptors (Lipinski definition) is 6. The molecule has 28 heavy (non-hydrogen) atoms. The van der Waals surface area contributed by atoms with Crippen molar-refractivity contribution in [3.8, 4) is 0 Å². The van der Waals surface area contributed by atoms with Gasteiger partial charge in [0.15, 0.2) is 10.9 Å². The molecule has 2 heterocycles. The van der Waals surface area contributed by atoms with Crippen LogP contribution in [0.5, 0.6) is 0 Å². The summed E-state index contributed by atoms with van der Waals surface area (Å²) in [6.45, 7) is 2.79. The second kappa shape index (κ2) is 7.84. The fraction of sp³-hybridized carbons (Fsp3) is 0.333. The largest absolute Gasteiger partial charge is 0.384 e. The maximum Gasteiger partial charge on any atom is 0.332 e. The number of imidazole rings is 1. The van der Waals surface area contributed by atoms with Crippen LogP contribution in [0.1, 0.15) is 23.7 Å². The highest BCUT2D eigenvalue weighted by molar-refractivity contribution is 7.99. The van der Waals surface area contributed by atoms with Gasteiger partial charge in [0, 0.05) is 25.7 Å². The number of hydrogen-bond donors (Lipinski definition) is 1. The molecule has 0 saturated heterocycles. The van der Waals surface area contributed by atoms with Crippen LogP contribution in [0.2, 0.25) is 5.02 Å². The lowest BCUT2D eigenvalue weighted by molar-refractivity contribution is 0.102. The maximum absolute atomic E-state index is 12.7. The molecule has 0 spiro atoms. The third-order valence-electron chi connectivity index (χ3n) is 4.44. The summed E-state index contributed by atoms with van der Waals surface area (Å²) in [5.74, 6) is -0.613. The number of benzene rings is 1. The van der Waals surface area contributed by atoms with Crippen LogP contribution in [0.15, 0.2) is 32.9 Å². The number of rotatable bonds is 6. The van der Waals surface area contributed by atoms with Gasteiger partial charge in [-0.2, -0.15) is 0 Å². The van der Waals surface area contributed by atoms with Crippen molar-refractivity contribution in [1.82, 2.24) is 18.7 Å². The molecule has 2 aromatic heterocycles. The van der Waals surface area contributed by atoms with Crippen LogP contribution < -0.4 is 17.0 Å². The van der Waals surface area contributed by atoms with E-state index in [0.29, 0.717) is 10.2 Å². The second-order valence-electron chi connectivity index (χ2n) is 6.36. The summed E-state index contributed by atoms with van der Waals surface area (Å²) in [4.78, 5) is 41.6. The Kier molecular flexibility index (Phi) is 5.66. The van der Waals surface area contributed by atoms with Crippen molar-refractivity contribution in [3.05, 3.63) is 49.6 Å². The predicted octanol–water partition coefficient (Wildman–Crippen LogP) is 2.05. The lowest BCUT2D eigenvalue weighted by Gasteiger charge is -2.11. The molecule has 0 amide bonds. The molecule has 0 unspecified atom stereocenters. The number of nitrogens with two attached hydrogens (primary N) is 1. The zero-order chi connectivity index (χ0) is 20.6. The van der Waals surface area contributed by atoms with E-state index in [9.17, 15) is 14.4 Å². The van der Waals surface area contributed by atoms with E-state index in [-0.39, 0.29) is 17.1 Å². The molecule has 10 heteroatoms. The minimum Gasteiger partial charge on any atom is -0.384 e. The van der Waals surface area contributed by atoms with Gasteiger partial charge < -0.3 is 10.3 Å². The minimum absolute atomic E-state index is 0.0294. The summed E-state index contributed by atoms with van der Waals surface area (Å²) in [5.41, 5.74) is 6.08. The first-order valence-corrected chi connectivity index (χ1v) is 9.99. The average Bonchev–Trinajstić information content (AvgIpc) is 3.00. The Morgan fingerprint density at radius 3 is 2.64 bits per heavy atom. The molecule has 0 aliphatic heterocycles. The van der Waals surface area contributed by atoms with Crippen LogP contribution >= 0.6 is 23.4 Å². The van der Waals surface area contributed by atoms with Gasteiger partial charge in [-0.25, -0.2) is 9.78 Å². The number of fused-ring (bicyclic) bond motifs is 1. The number of nitrogens with zero attached hydrogens (tertiary/aromatic N) is 4. The van der Waals surface area contributed by atoms with Crippen LogP contribution in [0, 0.1) is 0 Å². The smallest absolute Gasteiger partial charge is 0.332 e. The maximum atomic E-state index is 12.7. The number of nitrogen functional groups attached to an aromatic ring is 1. The molecule has 0 bridgehead atoms. The van der Waals surface area contributed by atoms with Gasteiger partial charge in [0.25, 0.3) is 5.56 Å². The predicted molar refractivity (Wildman–Crippen MR) is 111 cm³/mol. The topological polar surface area (TPSA) is 105 Å². The van der Waals surface area contributed by atoms with Crippen molar-refractivity contribution in [2.75, 3.05) is 11.5 Å². The Morgan fingerprint density at radius 1 is 1.25 bits per heavy atom. The van der Waals surface area contributed by atoms with Crippen LogP contribution in [-0.2, 0) is 20.6 Å². The van der Waals surface area contributed by atoms with Crippen molar-refractivity contribution in [2.45, 2.75) is 25.0 Å². The van der Waals surface area contributed by atoms with Crippen molar-refractivity contribution in [2.24, 2.45) is 14.1 Å². The summed E-state index contributed by atoms with van der Waals surface area (Å²) < 4.78 is 3.99. The Labute approximate surface area is 169 Å². The van der Waals surface area contributed by atoms with Gasteiger partial charge in [0.1, 0.15) is 11.4 Å². The van der Waals surface area contributed by atoms with E-state index in [4.69, 9.17) is 17.3 Å². The highest BCUT2D eigenvalue weighted by Gasteiger charge is 2.21. The fourth-order valence-electron chi connectivity index (χ4n) is 2.95. The van der Waals surface area contributed by atoms with Gasteiger partial charge in [-0.15, -0.1) is 0 Å². The molecule has 0 atom stereocenters. The third-order valence-corrected chi connectivity index (χ3v) is 5.66. The van der Waals surface area contributed by atoms with E-state index >= 15 is 0 Å². The number of halogens is 1. The molecule has 3 aromatic rings. The second-order valence-corrected chi connectivity index (χ2v) is 7.74. The van der Waals surface area contributed by atoms with Gasteiger partial charge in [-0.1, -0.05) is 30.3 Å². The van der Waals surface area contributed by atoms with Crippen molar-refractivity contribution < 1.29 is 4.79 Å². The van der Waals surface area contributed by atoms with E-state index < -0.39 is 17.0 Å². The molecular formula is C18H20ClN5O3S. The Balaban J connectivity index is 1.95. The molecule has 0 aliphatic rings. The Hall–Kier alpha value is -2.52. The van der Waals surface area contributed by atoms with Gasteiger partial charge in [0.05, 0.1) is 16.8 Å². The van der Waals surface area contributed by atoms with Crippen LogP contribution in [0.3, 0.4) is 0 Å². The molecule has 2 N–H and O–H groups in total. The number of carbonyl (C=O) groups excluding carboxylic acids is 1. The number of ketones is 1. The lowest BCUT2D eigenvalue weighted by Crippen LogP contribution is -2.41. The zero-order valence-electron chi connectivity index (χ0n) is 15.7. The minimum atomic E-state index is -0.694. The van der Waals surface area contributed by atoms with Crippen LogP contribution in [0.25, 0.3) is 11.0 Å². The molecule has 8 nitrogen and oxygen atoms in total. The average molecular weight is 422 g/mol. The monoisotopic (exact) mass is 421 g/mol. The summed E-state index contributed by atoms with van der Waals surface area (Å²) >= 11 is 7.28. The summed E-state index contributed by atoms with van der Waals surface area (Å²) in [7, 11) is 2.74. The van der Waals surface area contributed by atoms with E-state index in [1.807, 2.05) is 10.6 Å². The molecule has 0 aliphatic carbocycles. The first-order valence-electron chi connectivity index (χ1n) is 8.63. The van der Waals surface area contributed by atoms with E-state index in [1.54, 1.807) is 12.1 Å². The summed E-state index contributed by atoms with van der Waals surface area (Å²) in [6, 6.07) is 5.47. The highest BCUT2D eigenvalue weighted by Crippen LogP contribution is 2.27. The van der Waals surface area contributed by atoms with Crippen LogP contribution in [-0.4, -0.2) is 30.2 Å². The van der Waals surface area contributed by atoms with Crippen LogP contribution in [0.4, 0.5) is 5.82 Å². The Bertz CT molecular complexity index is 1190. The first kappa shape index (κ1) is 20.2. The van der Waals surface area contributed by atoms with Gasteiger partial charge in [-0.05, 0) is 24.6 Å². The van der Waals surface area contributed by atoms with Gasteiger partial charge in [0.2, 0.25) is 0 Å². The highest BCUT2D eigenvalue weighted by atomic mass is 35.5. The van der Waals surface area contributed by atoms with Gasteiger partial charge >= 0.3 is 5.69 Å². The van der Waals surface area contributed by atoms with E-state index in [2.05, 4.69) is 11.9 Å². The zero-order valence-corrected chi connectivity index (χ0v) is 17.3. The number of aromatic nitrogens is 4. The quantitative estimate of drug-likeness (QED) is 0.482. The fourth-order valence-corrected chi connectivity index (χ4v) is 4.03.